The molecule has 0 radical (unpaired) electrons. The van der Waals surface area contributed by atoms with Gasteiger partial charge in [0.15, 0.2) is 0 Å². The average molecular weight is 255 g/mol. The third kappa shape index (κ3) is 2.47. The van der Waals surface area contributed by atoms with Crippen molar-refractivity contribution >= 4 is 11.7 Å². The number of fused-ring (bicyclic) bond motifs is 1. The number of nitrogens with zero attached hydrogens (tertiary/aromatic N) is 3. The molecule has 0 N–H and O–H groups in total. The smallest absolute Gasteiger partial charge is 0.261 e. The lowest BCUT2D eigenvalue weighted by atomic mass is 10.2. The van der Waals surface area contributed by atoms with Crippen LogP contribution < -0.4 is 4.90 Å². The van der Waals surface area contributed by atoms with E-state index < -0.39 is 0 Å². The summed E-state index contributed by atoms with van der Waals surface area (Å²) in [5, 5.41) is 0. The lowest BCUT2D eigenvalue weighted by Crippen LogP contribution is -2.24. The molecule has 0 aliphatic carbocycles. The van der Waals surface area contributed by atoms with E-state index in [1.165, 1.54) is 0 Å². The number of aryl methyl sites for hydroxylation is 1. The molecule has 0 aromatic carbocycles. The van der Waals surface area contributed by atoms with Crippen molar-refractivity contribution in [2.24, 2.45) is 0 Å². The van der Waals surface area contributed by atoms with E-state index in [-0.39, 0.29) is 5.91 Å². The van der Waals surface area contributed by atoms with Crippen LogP contribution in [-0.2, 0) is 6.54 Å². The Bertz CT molecular complexity index is 595. The lowest BCUT2D eigenvalue weighted by molar-refractivity contribution is 0.0995. The van der Waals surface area contributed by atoms with Gasteiger partial charge in [0.2, 0.25) is 0 Å². The molecule has 1 aliphatic rings. The first-order valence-corrected chi connectivity index (χ1v) is 6.43. The number of hydrogen-bond acceptors (Lipinski definition) is 3. The van der Waals surface area contributed by atoms with Crippen molar-refractivity contribution < 1.29 is 4.79 Å². The Morgan fingerprint density at radius 2 is 2.00 bits per heavy atom. The Labute approximate surface area is 113 Å². The van der Waals surface area contributed by atoms with Gasteiger partial charge >= 0.3 is 0 Å². The van der Waals surface area contributed by atoms with Gasteiger partial charge in [-0.25, -0.2) is 4.98 Å². The van der Waals surface area contributed by atoms with Gasteiger partial charge < -0.3 is 0 Å². The van der Waals surface area contributed by atoms with E-state index in [2.05, 4.69) is 9.97 Å². The van der Waals surface area contributed by atoms with E-state index in [4.69, 9.17) is 0 Å². The second kappa shape index (κ2) is 5.61. The summed E-state index contributed by atoms with van der Waals surface area (Å²) in [4.78, 5) is 22.1. The second-order valence-electron chi connectivity index (χ2n) is 4.12. The number of carbonyl (C=O) groups excluding carboxylic acids is 1. The van der Waals surface area contributed by atoms with Crippen LogP contribution in [0.5, 0.6) is 0 Å². The van der Waals surface area contributed by atoms with Crippen molar-refractivity contribution in [3.8, 4) is 0 Å². The van der Waals surface area contributed by atoms with Gasteiger partial charge in [-0.2, -0.15) is 0 Å². The Balaban J connectivity index is 0.000000637. The maximum atomic E-state index is 12.2. The van der Waals surface area contributed by atoms with E-state index in [0.29, 0.717) is 17.9 Å². The molecule has 98 valence electrons. The number of anilines is 1. The van der Waals surface area contributed by atoms with Gasteiger partial charge in [0.05, 0.1) is 12.1 Å². The van der Waals surface area contributed by atoms with Crippen LogP contribution in [0, 0.1) is 6.92 Å². The van der Waals surface area contributed by atoms with Crippen molar-refractivity contribution in [3.63, 3.8) is 0 Å². The van der Waals surface area contributed by atoms with Gasteiger partial charge in [0.25, 0.3) is 5.91 Å². The van der Waals surface area contributed by atoms with Crippen molar-refractivity contribution in [1.29, 1.82) is 0 Å². The molecule has 0 saturated carbocycles. The van der Waals surface area contributed by atoms with E-state index in [0.717, 1.165) is 11.1 Å². The molecule has 4 heteroatoms. The summed E-state index contributed by atoms with van der Waals surface area (Å²) in [6.07, 6.45) is 5.05. The zero-order chi connectivity index (χ0) is 13.8. The van der Waals surface area contributed by atoms with E-state index in [1.807, 2.05) is 39.0 Å². The summed E-state index contributed by atoms with van der Waals surface area (Å²) < 4.78 is 0. The standard InChI is InChI=1S/C13H11N3O.C2H6/c1-9-2-5-15-12(6-9)16-8-10-3-4-14-7-11(10)13(16)17;1-2/h2-7H,8H2,1H3;1-2H3. The molecule has 1 amide bonds. The second-order valence-corrected chi connectivity index (χ2v) is 4.12. The van der Waals surface area contributed by atoms with E-state index in [1.54, 1.807) is 23.5 Å². The fourth-order valence-corrected chi connectivity index (χ4v) is 1.99. The van der Waals surface area contributed by atoms with Crippen LogP contribution in [-0.4, -0.2) is 15.9 Å². The topological polar surface area (TPSA) is 46.1 Å². The van der Waals surface area contributed by atoms with Crippen LogP contribution in [0.15, 0.2) is 36.8 Å². The Kier molecular flexibility index (Phi) is 3.90. The molecule has 2 aromatic rings. The van der Waals surface area contributed by atoms with Gasteiger partial charge in [-0.05, 0) is 36.2 Å². The average Bonchev–Trinajstić information content (AvgIpc) is 2.79. The predicted octanol–water partition coefficient (Wildman–Crippen LogP) is 2.97. The van der Waals surface area contributed by atoms with Gasteiger partial charge in [0, 0.05) is 18.6 Å². The largest absolute Gasteiger partial charge is 0.288 e. The third-order valence-electron chi connectivity index (χ3n) is 2.89. The van der Waals surface area contributed by atoms with Crippen molar-refractivity contribution in [1.82, 2.24) is 9.97 Å². The number of carbonyl (C=O) groups is 1. The molecular formula is C15H17N3O. The fourth-order valence-electron chi connectivity index (χ4n) is 1.99. The van der Waals surface area contributed by atoms with E-state index >= 15 is 0 Å². The SMILES string of the molecule is CC.Cc1ccnc(N2Cc3ccncc3C2=O)c1. The van der Waals surface area contributed by atoms with Crippen LogP contribution in [0.4, 0.5) is 5.82 Å². The number of pyridine rings is 2. The summed E-state index contributed by atoms with van der Waals surface area (Å²) in [7, 11) is 0. The molecule has 4 nitrogen and oxygen atoms in total. The first-order chi connectivity index (χ1) is 9.25. The number of amides is 1. The van der Waals surface area contributed by atoms with Crippen LogP contribution in [0.3, 0.4) is 0 Å². The summed E-state index contributed by atoms with van der Waals surface area (Å²) >= 11 is 0. The Morgan fingerprint density at radius 1 is 1.21 bits per heavy atom. The highest BCUT2D eigenvalue weighted by Crippen LogP contribution is 2.26. The minimum absolute atomic E-state index is 0.0220. The summed E-state index contributed by atoms with van der Waals surface area (Å²) in [5.74, 6) is 0.678. The van der Waals surface area contributed by atoms with Gasteiger partial charge in [-0.1, -0.05) is 13.8 Å². The predicted molar refractivity (Wildman–Crippen MR) is 75.1 cm³/mol. The molecule has 3 heterocycles. The number of rotatable bonds is 1. The van der Waals surface area contributed by atoms with Crippen LogP contribution in [0.25, 0.3) is 0 Å². The first kappa shape index (κ1) is 13.2. The summed E-state index contributed by atoms with van der Waals surface area (Å²) in [6.45, 7) is 6.56. The van der Waals surface area contributed by atoms with E-state index in [9.17, 15) is 4.79 Å². The van der Waals surface area contributed by atoms with Crippen LogP contribution in [0.1, 0.15) is 35.3 Å². The van der Waals surface area contributed by atoms with Gasteiger partial charge in [-0.3, -0.25) is 14.7 Å². The van der Waals surface area contributed by atoms with Crippen LogP contribution >= 0.6 is 0 Å². The Morgan fingerprint density at radius 3 is 2.68 bits per heavy atom. The molecule has 0 bridgehead atoms. The molecule has 0 saturated heterocycles. The maximum Gasteiger partial charge on any atom is 0.261 e. The quantitative estimate of drug-likeness (QED) is 0.787. The molecule has 1 aliphatic heterocycles. The molecule has 0 spiro atoms. The maximum absolute atomic E-state index is 12.2. The lowest BCUT2D eigenvalue weighted by Gasteiger charge is -2.14. The molecule has 3 rings (SSSR count). The number of hydrogen-bond donors (Lipinski definition) is 0. The Hall–Kier alpha value is -2.23. The first-order valence-electron chi connectivity index (χ1n) is 6.43. The minimum atomic E-state index is -0.0220. The van der Waals surface area contributed by atoms with Gasteiger partial charge in [-0.15, -0.1) is 0 Å². The molecule has 19 heavy (non-hydrogen) atoms. The monoisotopic (exact) mass is 255 g/mol. The molecular weight excluding hydrogens is 238 g/mol. The summed E-state index contributed by atoms with van der Waals surface area (Å²) in [5.41, 5.74) is 2.78. The van der Waals surface area contributed by atoms with Gasteiger partial charge in [0.1, 0.15) is 5.82 Å². The van der Waals surface area contributed by atoms with Crippen molar-refractivity contribution in [2.45, 2.75) is 27.3 Å². The minimum Gasteiger partial charge on any atom is -0.288 e. The molecule has 0 atom stereocenters. The fraction of sp³-hybridized carbons (Fsp3) is 0.267. The number of aromatic nitrogens is 2. The molecule has 0 unspecified atom stereocenters. The summed E-state index contributed by atoms with van der Waals surface area (Å²) in [6, 6.07) is 5.71. The van der Waals surface area contributed by atoms with Crippen molar-refractivity contribution in [3.05, 3.63) is 53.5 Å². The highest BCUT2D eigenvalue weighted by atomic mass is 16.2. The zero-order valence-electron chi connectivity index (χ0n) is 11.4. The highest BCUT2D eigenvalue weighted by Gasteiger charge is 2.29. The van der Waals surface area contributed by atoms with Crippen LogP contribution in [0.2, 0.25) is 0 Å². The highest BCUT2D eigenvalue weighted by molar-refractivity contribution is 6.09. The third-order valence-corrected chi connectivity index (χ3v) is 2.89. The molecule has 2 aromatic heterocycles. The normalized spacial score (nSPS) is 12.8. The molecule has 0 fully saturated rings. The van der Waals surface area contributed by atoms with Crippen molar-refractivity contribution in [2.75, 3.05) is 4.90 Å². The zero-order valence-corrected chi connectivity index (χ0v) is 11.4.